The van der Waals surface area contributed by atoms with Gasteiger partial charge in [-0.2, -0.15) is 0 Å². The van der Waals surface area contributed by atoms with Gasteiger partial charge < -0.3 is 9.64 Å². The Kier molecular flexibility index (Phi) is 5.05. The number of nitrogens with zero attached hydrogens (tertiary/aromatic N) is 1. The Labute approximate surface area is 106 Å². The third-order valence-electron chi connectivity index (χ3n) is 4.31. The fourth-order valence-electron chi connectivity index (χ4n) is 3.09. The Bertz CT molecular complexity index is 252. The van der Waals surface area contributed by atoms with Gasteiger partial charge in [0, 0.05) is 6.54 Å². The number of likely N-dealkylation sites (N-methyl/N-ethyl adjacent to an activating group) is 1. The Morgan fingerprint density at radius 2 is 2.00 bits per heavy atom. The van der Waals surface area contributed by atoms with Crippen LogP contribution in [0, 0.1) is 11.8 Å². The van der Waals surface area contributed by atoms with Crippen LogP contribution in [-0.4, -0.2) is 37.7 Å². The van der Waals surface area contributed by atoms with Gasteiger partial charge in [-0.3, -0.25) is 0 Å². The first-order valence-electron chi connectivity index (χ1n) is 7.31. The van der Waals surface area contributed by atoms with Crippen LogP contribution in [-0.2, 0) is 4.74 Å². The standard InChI is InChI=1S/C15H27NO/c1-3-16(4-2)6-8-17-7-5-13-9-14-11-15(10-13)12-14/h9,14-15H,3-8,10-12H2,1-2H3. The van der Waals surface area contributed by atoms with Crippen LogP contribution in [0.2, 0.25) is 0 Å². The largest absolute Gasteiger partial charge is 0.380 e. The van der Waals surface area contributed by atoms with Gasteiger partial charge >= 0.3 is 0 Å². The smallest absolute Gasteiger partial charge is 0.0593 e. The summed E-state index contributed by atoms with van der Waals surface area (Å²) in [4.78, 5) is 2.41. The van der Waals surface area contributed by atoms with Crippen LogP contribution >= 0.6 is 0 Å². The monoisotopic (exact) mass is 237 g/mol. The van der Waals surface area contributed by atoms with E-state index in [2.05, 4.69) is 24.8 Å². The fraction of sp³-hybridized carbons (Fsp3) is 0.867. The summed E-state index contributed by atoms with van der Waals surface area (Å²) in [6.45, 7) is 9.58. The summed E-state index contributed by atoms with van der Waals surface area (Å²) in [6, 6.07) is 0. The molecule has 0 unspecified atom stereocenters. The van der Waals surface area contributed by atoms with E-state index >= 15 is 0 Å². The Morgan fingerprint density at radius 1 is 1.24 bits per heavy atom. The van der Waals surface area contributed by atoms with E-state index in [1.165, 1.54) is 25.7 Å². The molecular formula is C15H27NO. The molecule has 0 N–H and O–H groups in total. The van der Waals surface area contributed by atoms with Crippen LogP contribution in [0.1, 0.15) is 39.5 Å². The van der Waals surface area contributed by atoms with Crippen LogP contribution in [0.5, 0.6) is 0 Å². The van der Waals surface area contributed by atoms with Gasteiger partial charge in [-0.25, -0.2) is 0 Å². The lowest BCUT2D eigenvalue weighted by Gasteiger charge is -2.39. The molecule has 0 saturated heterocycles. The molecule has 0 radical (unpaired) electrons. The SMILES string of the molecule is CCN(CC)CCOCCC1=CC2CC(C1)C2. The topological polar surface area (TPSA) is 12.5 Å². The lowest BCUT2D eigenvalue weighted by atomic mass is 9.66. The van der Waals surface area contributed by atoms with Crippen LogP contribution in [0.4, 0.5) is 0 Å². The van der Waals surface area contributed by atoms with Gasteiger partial charge in [-0.05, 0) is 50.6 Å². The first-order chi connectivity index (χ1) is 8.31. The normalized spacial score (nSPS) is 26.9. The van der Waals surface area contributed by atoms with Crippen molar-refractivity contribution in [1.29, 1.82) is 0 Å². The van der Waals surface area contributed by atoms with Crippen molar-refractivity contribution < 1.29 is 4.74 Å². The molecule has 3 aliphatic carbocycles. The average molecular weight is 237 g/mol. The summed E-state index contributed by atoms with van der Waals surface area (Å²) in [6.07, 6.45) is 7.98. The zero-order valence-electron chi connectivity index (χ0n) is 11.5. The average Bonchev–Trinajstić information content (AvgIpc) is 2.33. The van der Waals surface area contributed by atoms with E-state index in [0.717, 1.165) is 44.7 Å². The van der Waals surface area contributed by atoms with Gasteiger partial charge in [0.25, 0.3) is 0 Å². The van der Waals surface area contributed by atoms with E-state index in [1.807, 2.05) is 0 Å². The molecule has 0 amide bonds. The molecule has 1 fully saturated rings. The van der Waals surface area contributed by atoms with Gasteiger partial charge in [0.1, 0.15) is 0 Å². The highest BCUT2D eigenvalue weighted by molar-refractivity contribution is 5.15. The lowest BCUT2D eigenvalue weighted by Crippen LogP contribution is -2.28. The second kappa shape index (κ2) is 6.55. The third-order valence-corrected chi connectivity index (χ3v) is 4.31. The van der Waals surface area contributed by atoms with E-state index < -0.39 is 0 Å². The minimum Gasteiger partial charge on any atom is -0.380 e. The predicted molar refractivity (Wildman–Crippen MR) is 72.1 cm³/mol. The second-order valence-corrected chi connectivity index (χ2v) is 5.52. The van der Waals surface area contributed by atoms with Crippen LogP contribution in [0.25, 0.3) is 0 Å². The predicted octanol–water partition coefficient (Wildman–Crippen LogP) is 3.09. The summed E-state index contributed by atoms with van der Waals surface area (Å²) in [5, 5.41) is 0. The van der Waals surface area contributed by atoms with Crippen molar-refractivity contribution in [2.75, 3.05) is 32.8 Å². The first kappa shape index (κ1) is 13.1. The molecule has 98 valence electrons. The third kappa shape index (κ3) is 3.82. The van der Waals surface area contributed by atoms with E-state index in [9.17, 15) is 0 Å². The van der Waals surface area contributed by atoms with Crippen molar-refractivity contribution in [3.05, 3.63) is 11.6 Å². The van der Waals surface area contributed by atoms with Crippen LogP contribution in [0.15, 0.2) is 11.6 Å². The molecule has 3 rings (SSSR count). The number of ether oxygens (including phenoxy) is 1. The van der Waals surface area contributed by atoms with Gasteiger partial charge in [0.2, 0.25) is 0 Å². The molecule has 0 aromatic rings. The number of fused-ring (bicyclic) bond motifs is 1. The van der Waals surface area contributed by atoms with Crippen molar-refractivity contribution >= 4 is 0 Å². The van der Waals surface area contributed by atoms with Gasteiger partial charge in [0.05, 0.1) is 13.2 Å². The lowest BCUT2D eigenvalue weighted by molar-refractivity contribution is 0.106. The quantitative estimate of drug-likeness (QED) is 0.475. The Hall–Kier alpha value is -0.340. The zero-order chi connectivity index (χ0) is 12.1. The summed E-state index contributed by atoms with van der Waals surface area (Å²) in [7, 11) is 0. The van der Waals surface area contributed by atoms with Crippen molar-refractivity contribution in [2.24, 2.45) is 11.8 Å². The van der Waals surface area contributed by atoms with Crippen molar-refractivity contribution in [3.8, 4) is 0 Å². The van der Waals surface area contributed by atoms with E-state index in [4.69, 9.17) is 4.74 Å². The van der Waals surface area contributed by atoms with Crippen molar-refractivity contribution in [3.63, 3.8) is 0 Å². The van der Waals surface area contributed by atoms with E-state index in [1.54, 1.807) is 5.57 Å². The molecule has 0 atom stereocenters. The van der Waals surface area contributed by atoms with Crippen molar-refractivity contribution in [2.45, 2.75) is 39.5 Å². The molecule has 0 heterocycles. The maximum absolute atomic E-state index is 5.74. The maximum Gasteiger partial charge on any atom is 0.0593 e. The van der Waals surface area contributed by atoms with Gasteiger partial charge in [0.15, 0.2) is 0 Å². The molecule has 1 saturated carbocycles. The highest BCUT2D eigenvalue weighted by Crippen LogP contribution is 2.44. The summed E-state index contributed by atoms with van der Waals surface area (Å²) in [5.41, 5.74) is 1.67. The molecule has 2 heteroatoms. The molecule has 0 aromatic carbocycles. The minimum atomic E-state index is 0.891. The number of hydrogen-bond donors (Lipinski definition) is 0. The Balaban J connectivity index is 1.52. The summed E-state index contributed by atoms with van der Waals surface area (Å²) in [5.74, 6) is 1.95. The highest BCUT2D eigenvalue weighted by Gasteiger charge is 2.32. The van der Waals surface area contributed by atoms with E-state index in [0.29, 0.717) is 0 Å². The van der Waals surface area contributed by atoms with Gasteiger partial charge in [-0.1, -0.05) is 25.5 Å². The number of hydrogen-bond acceptors (Lipinski definition) is 2. The zero-order valence-corrected chi connectivity index (χ0v) is 11.5. The first-order valence-corrected chi connectivity index (χ1v) is 7.31. The fourth-order valence-corrected chi connectivity index (χ4v) is 3.09. The molecule has 0 spiro atoms. The summed E-state index contributed by atoms with van der Waals surface area (Å²) >= 11 is 0. The molecule has 3 aliphatic rings. The molecular weight excluding hydrogens is 210 g/mol. The maximum atomic E-state index is 5.74. The minimum absolute atomic E-state index is 0.891. The second-order valence-electron chi connectivity index (χ2n) is 5.52. The molecule has 2 bridgehead atoms. The molecule has 17 heavy (non-hydrogen) atoms. The Morgan fingerprint density at radius 3 is 2.59 bits per heavy atom. The summed E-state index contributed by atoms with van der Waals surface area (Å²) < 4.78 is 5.74. The number of allylic oxidation sites excluding steroid dienone is 1. The van der Waals surface area contributed by atoms with Gasteiger partial charge in [-0.15, -0.1) is 0 Å². The number of rotatable bonds is 8. The van der Waals surface area contributed by atoms with Crippen LogP contribution < -0.4 is 0 Å². The molecule has 0 aromatic heterocycles. The molecule has 0 aliphatic heterocycles. The highest BCUT2D eigenvalue weighted by atomic mass is 16.5. The van der Waals surface area contributed by atoms with Crippen LogP contribution in [0.3, 0.4) is 0 Å². The molecule has 2 nitrogen and oxygen atoms in total. The van der Waals surface area contributed by atoms with E-state index in [-0.39, 0.29) is 0 Å². The van der Waals surface area contributed by atoms with Crippen molar-refractivity contribution in [1.82, 2.24) is 4.90 Å².